The summed E-state index contributed by atoms with van der Waals surface area (Å²) in [6, 6.07) is 20.3. The number of carbonyl (C=O) groups is 2. The Labute approximate surface area is 194 Å². The molecule has 0 spiro atoms. The van der Waals surface area contributed by atoms with Crippen molar-refractivity contribution in [2.24, 2.45) is 0 Å². The first-order valence-electron chi connectivity index (χ1n) is 11.0. The van der Waals surface area contributed by atoms with Gasteiger partial charge < -0.3 is 20.1 Å². The molecule has 0 radical (unpaired) electrons. The van der Waals surface area contributed by atoms with Crippen molar-refractivity contribution < 1.29 is 19.1 Å². The molecule has 1 heterocycles. The summed E-state index contributed by atoms with van der Waals surface area (Å²) in [5.41, 5.74) is 2.37. The summed E-state index contributed by atoms with van der Waals surface area (Å²) >= 11 is 0. The molecule has 33 heavy (non-hydrogen) atoms. The van der Waals surface area contributed by atoms with E-state index < -0.39 is 0 Å². The van der Waals surface area contributed by atoms with Crippen LogP contribution in [0.25, 0.3) is 0 Å². The van der Waals surface area contributed by atoms with Crippen LogP contribution in [-0.4, -0.2) is 29.9 Å². The largest absolute Gasteiger partial charge is 0.494 e. The number of hydrogen-bond acceptors (Lipinski definition) is 5. The number of ether oxygens (including phenoxy) is 2. The second-order valence-corrected chi connectivity index (χ2v) is 7.46. The van der Waals surface area contributed by atoms with Gasteiger partial charge in [-0.2, -0.15) is 0 Å². The van der Waals surface area contributed by atoms with Gasteiger partial charge in [0.1, 0.15) is 12.4 Å². The number of nitrogens with one attached hydrogen (secondary N) is 2. The summed E-state index contributed by atoms with van der Waals surface area (Å²) in [5, 5.41) is 5.42. The quantitative estimate of drug-likeness (QED) is 0.411. The third-order valence-corrected chi connectivity index (χ3v) is 4.81. The first-order valence-corrected chi connectivity index (χ1v) is 11.0. The fourth-order valence-corrected chi connectivity index (χ4v) is 2.93. The molecule has 0 bridgehead atoms. The summed E-state index contributed by atoms with van der Waals surface area (Å²) in [7, 11) is 0. The van der Waals surface area contributed by atoms with Crippen LogP contribution in [0.4, 0.5) is 0 Å². The Morgan fingerprint density at radius 3 is 2.45 bits per heavy atom. The molecule has 0 fully saturated rings. The predicted molar refractivity (Wildman–Crippen MR) is 126 cm³/mol. The highest BCUT2D eigenvalue weighted by molar-refractivity contribution is 5.96. The molecule has 7 heteroatoms. The number of rotatable bonds is 12. The summed E-state index contributed by atoms with van der Waals surface area (Å²) in [5.74, 6) is 0.612. The van der Waals surface area contributed by atoms with Crippen LogP contribution in [0.1, 0.15) is 41.3 Å². The van der Waals surface area contributed by atoms with E-state index in [1.165, 1.54) is 0 Å². The van der Waals surface area contributed by atoms with Gasteiger partial charge in [0, 0.05) is 24.4 Å². The van der Waals surface area contributed by atoms with E-state index in [2.05, 4.69) is 22.5 Å². The monoisotopic (exact) mass is 447 g/mol. The van der Waals surface area contributed by atoms with E-state index >= 15 is 0 Å². The summed E-state index contributed by atoms with van der Waals surface area (Å²) in [4.78, 5) is 28.6. The molecule has 0 atom stereocenters. The van der Waals surface area contributed by atoms with Gasteiger partial charge in [-0.25, -0.2) is 4.98 Å². The summed E-state index contributed by atoms with van der Waals surface area (Å²) in [6.07, 6.45) is 3.69. The van der Waals surface area contributed by atoms with Crippen LogP contribution in [0.5, 0.6) is 11.6 Å². The van der Waals surface area contributed by atoms with Crippen LogP contribution >= 0.6 is 0 Å². The highest BCUT2D eigenvalue weighted by Gasteiger charge is 2.09. The van der Waals surface area contributed by atoms with E-state index in [1.54, 1.807) is 42.6 Å². The Bertz CT molecular complexity index is 1020. The standard InChI is InChI=1S/C26H29N3O4/c1-2-3-15-32-23-11-9-22(10-12-23)26(31)29-18-24(30)28-17-21-13-14-27-25(16-21)33-19-20-7-5-4-6-8-20/h4-14,16H,2-3,15,17-19H2,1H3,(H,28,30)(H,29,31). The van der Waals surface area contributed by atoms with Crippen LogP contribution in [0.2, 0.25) is 0 Å². The summed E-state index contributed by atoms with van der Waals surface area (Å²) in [6.45, 7) is 3.36. The van der Waals surface area contributed by atoms with E-state index in [0.717, 1.165) is 29.7 Å². The molecule has 3 aromatic rings. The predicted octanol–water partition coefficient (Wildman–Crippen LogP) is 3.89. The third kappa shape index (κ3) is 8.29. The van der Waals surface area contributed by atoms with E-state index in [9.17, 15) is 9.59 Å². The van der Waals surface area contributed by atoms with Gasteiger partial charge in [-0.3, -0.25) is 9.59 Å². The van der Waals surface area contributed by atoms with Crippen molar-refractivity contribution >= 4 is 11.8 Å². The lowest BCUT2D eigenvalue weighted by molar-refractivity contribution is -0.120. The number of hydrogen-bond donors (Lipinski definition) is 2. The fourth-order valence-electron chi connectivity index (χ4n) is 2.93. The van der Waals surface area contributed by atoms with E-state index in [1.807, 2.05) is 30.3 Å². The van der Waals surface area contributed by atoms with Crippen molar-refractivity contribution in [3.05, 3.63) is 89.6 Å². The molecular formula is C26H29N3O4. The molecule has 2 N–H and O–H groups in total. The zero-order valence-electron chi connectivity index (χ0n) is 18.8. The average Bonchev–Trinajstić information content (AvgIpc) is 2.86. The minimum atomic E-state index is -0.314. The first kappa shape index (κ1) is 23.8. The van der Waals surface area contributed by atoms with Gasteiger partial charge in [0.2, 0.25) is 11.8 Å². The lowest BCUT2D eigenvalue weighted by atomic mass is 10.2. The van der Waals surface area contributed by atoms with Crippen LogP contribution in [0, 0.1) is 0 Å². The van der Waals surface area contributed by atoms with E-state index in [4.69, 9.17) is 9.47 Å². The molecule has 172 valence electrons. The zero-order chi connectivity index (χ0) is 23.3. The van der Waals surface area contributed by atoms with Crippen LogP contribution in [0.15, 0.2) is 72.9 Å². The molecule has 0 saturated carbocycles. The van der Waals surface area contributed by atoms with Crippen molar-refractivity contribution in [2.75, 3.05) is 13.2 Å². The second kappa shape index (κ2) is 12.9. The molecule has 0 aliphatic heterocycles. The maximum Gasteiger partial charge on any atom is 0.251 e. The second-order valence-electron chi connectivity index (χ2n) is 7.46. The molecular weight excluding hydrogens is 418 g/mol. The van der Waals surface area contributed by atoms with Gasteiger partial charge in [0.25, 0.3) is 5.91 Å². The number of pyridine rings is 1. The highest BCUT2D eigenvalue weighted by atomic mass is 16.5. The molecule has 2 amide bonds. The molecule has 0 saturated heterocycles. The molecule has 0 aliphatic rings. The Kier molecular flexibility index (Phi) is 9.27. The first-order chi connectivity index (χ1) is 16.1. The van der Waals surface area contributed by atoms with Gasteiger partial charge >= 0.3 is 0 Å². The van der Waals surface area contributed by atoms with Gasteiger partial charge in [-0.05, 0) is 47.9 Å². The Morgan fingerprint density at radius 1 is 0.909 bits per heavy atom. The third-order valence-electron chi connectivity index (χ3n) is 4.81. The number of benzene rings is 2. The van der Waals surface area contributed by atoms with Crippen LogP contribution in [-0.2, 0) is 17.9 Å². The van der Waals surface area contributed by atoms with Crippen molar-refractivity contribution in [1.29, 1.82) is 0 Å². The van der Waals surface area contributed by atoms with Crippen LogP contribution < -0.4 is 20.1 Å². The van der Waals surface area contributed by atoms with E-state index in [-0.39, 0.29) is 18.4 Å². The zero-order valence-corrected chi connectivity index (χ0v) is 18.8. The Hall–Kier alpha value is -3.87. The summed E-state index contributed by atoms with van der Waals surface area (Å²) < 4.78 is 11.3. The lowest BCUT2D eigenvalue weighted by Crippen LogP contribution is -2.36. The average molecular weight is 448 g/mol. The molecule has 0 aliphatic carbocycles. The van der Waals surface area contributed by atoms with Crippen molar-refractivity contribution in [1.82, 2.24) is 15.6 Å². The number of carbonyl (C=O) groups excluding carboxylic acids is 2. The number of aromatic nitrogens is 1. The van der Waals surface area contributed by atoms with Gasteiger partial charge in [-0.15, -0.1) is 0 Å². The number of nitrogens with zero attached hydrogens (tertiary/aromatic N) is 1. The molecule has 1 aromatic heterocycles. The van der Waals surface area contributed by atoms with Crippen molar-refractivity contribution in [2.45, 2.75) is 32.9 Å². The van der Waals surface area contributed by atoms with Crippen LogP contribution in [0.3, 0.4) is 0 Å². The number of amides is 2. The lowest BCUT2D eigenvalue weighted by Gasteiger charge is -2.09. The molecule has 0 unspecified atom stereocenters. The van der Waals surface area contributed by atoms with Gasteiger partial charge in [0.05, 0.1) is 13.2 Å². The van der Waals surface area contributed by atoms with Crippen molar-refractivity contribution in [3.63, 3.8) is 0 Å². The highest BCUT2D eigenvalue weighted by Crippen LogP contribution is 2.13. The Morgan fingerprint density at radius 2 is 1.70 bits per heavy atom. The molecule has 7 nitrogen and oxygen atoms in total. The van der Waals surface area contributed by atoms with E-state index in [0.29, 0.717) is 31.2 Å². The molecule has 2 aromatic carbocycles. The topological polar surface area (TPSA) is 89.5 Å². The van der Waals surface area contributed by atoms with Crippen molar-refractivity contribution in [3.8, 4) is 11.6 Å². The molecule has 3 rings (SSSR count). The SMILES string of the molecule is CCCCOc1ccc(C(=O)NCC(=O)NCc2ccnc(OCc3ccccc3)c2)cc1. The minimum Gasteiger partial charge on any atom is -0.494 e. The van der Waals surface area contributed by atoms with Gasteiger partial charge in [0.15, 0.2) is 0 Å². The smallest absolute Gasteiger partial charge is 0.251 e. The van der Waals surface area contributed by atoms with Gasteiger partial charge in [-0.1, -0.05) is 43.7 Å². The maximum absolute atomic E-state index is 12.3. The number of unbranched alkanes of at least 4 members (excludes halogenated alkanes) is 1. The fraction of sp³-hybridized carbons (Fsp3) is 0.269. The normalized spacial score (nSPS) is 10.3. The minimum absolute atomic E-state index is 0.115. The Balaban J connectivity index is 1.39. The maximum atomic E-state index is 12.3.